The Morgan fingerprint density at radius 1 is 1.39 bits per heavy atom. The van der Waals surface area contributed by atoms with Gasteiger partial charge in [0, 0.05) is 30.4 Å². The number of fused-ring (bicyclic) bond motifs is 2. The van der Waals surface area contributed by atoms with Crippen molar-refractivity contribution < 1.29 is 4.79 Å². The smallest absolute Gasteiger partial charge is 0.227 e. The predicted molar refractivity (Wildman–Crippen MR) is 92.3 cm³/mol. The number of nitrogens with zero attached hydrogens (tertiary/aromatic N) is 2. The molecule has 5 atom stereocenters. The van der Waals surface area contributed by atoms with Crippen LogP contribution in [-0.4, -0.2) is 34.9 Å². The van der Waals surface area contributed by atoms with Crippen LogP contribution in [0.1, 0.15) is 55.6 Å². The minimum absolute atomic E-state index is 0.0926. The molecule has 23 heavy (non-hydrogen) atoms. The Labute approximate surface area is 142 Å². The van der Waals surface area contributed by atoms with Gasteiger partial charge in [0.15, 0.2) is 0 Å². The van der Waals surface area contributed by atoms with E-state index >= 15 is 0 Å². The highest BCUT2D eigenvalue weighted by molar-refractivity contribution is 7.09. The van der Waals surface area contributed by atoms with Crippen LogP contribution in [0.25, 0.3) is 0 Å². The third kappa shape index (κ3) is 2.72. The van der Waals surface area contributed by atoms with E-state index in [9.17, 15) is 4.79 Å². The summed E-state index contributed by atoms with van der Waals surface area (Å²) in [6.45, 7) is 3.89. The second-order valence-corrected chi connectivity index (χ2v) is 8.48. The average Bonchev–Trinajstić information content (AvgIpc) is 3.30. The van der Waals surface area contributed by atoms with Crippen LogP contribution in [0.3, 0.4) is 0 Å². The molecule has 0 radical (unpaired) electrons. The van der Waals surface area contributed by atoms with Crippen molar-refractivity contribution in [1.29, 1.82) is 0 Å². The molecule has 5 unspecified atom stereocenters. The van der Waals surface area contributed by atoms with Crippen LogP contribution >= 0.6 is 11.3 Å². The number of amides is 1. The molecule has 4 rings (SSSR count). The van der Waals surface area contributed by atoms with Gasteiger partial charge >= 0.3 is 0 Å². The Bertz CT molecular complexity index is 585. The number of hydrogen-bond donors (Lipinski definition) is 1. The minimum atomic E-state index is 0.0926. The molecule has 0 aromatic carbocycles. The van der Waals surface area contributed by atoms with Gasteiger partial charge in [-0.05, 0) is 50.4 Å². The van der Waals surface area contributed by atoms with Crippen molar-refractivity contribution in [1.82, 2.24) is 9.88 Å². The lowest BCUT2D eigenvalue weighted by Gasteiger charge is -2.37. The van der Waals surface area contributed by atoms with Crippen LogP contribution < -0.4 is 5.73 Å². The minimum Gasteiger partial charge on any atom is -0.342 e. The molecule has 3 fully saturated rings. The maximum Gasteiger partial charge on any atom is 0.227 e. The number of aromatic nitrogens is 1. The number of carbonyl (C=O) groups excluding carboxylic acids is 1. The zero-order valence-corrected chi connectivity index (χ0v) is 14.7. The maximum atomic E-state index is 13.1. The molecule has 4 nitrogen and oxygen atoms in total. The Morgan fingerprint density at radius 3 is 2.91 bits per heavy atom. The number of nitrogens with two attached hydrogens (primary N) is 1. The molecule has 5 heteroatoms. The van der Waals surface area contributed by atoms with Crippen LogP contribution in [0.15, 0.2) is 5.38 Å². The van der Waals surface area contributed by atoms with Gasteiger partial charge < -0.3 is 10.6 Å². The molecule has 2 aliphatic carbocycles. The Morgan fingerprint density at radius 2 is 2.22 bits per heavy atom. The van der Waals surface area contributed by atoms with Gasteiger partial charge in [-0.25, -0.2) is 4.98 Å². The molecule has 1 saturated heterocycles. The van der Waals surface area contributed by atoms with Gasteiger partial charge in [0.1, 0.15) is 0 Å². The van der Waals surface area contributed by atoms with E-state index < -0.39 is 0 Å². The average molecular weight is 334 g/mol. The van der Waals surface area contributed by atoms with Crippen LogP contribution in [0, 0.1) is 17.8 Å². The predicted octanol–water partition coefficient (Wildman–Crippen LogP) is 2.78. The zero-order valence-electron chi connectivity index (χ0n) is 13.9. The first kappa shape index (κ1) is 15.6. The zero-order chi connectivity index (χ0) is 16.0. The second-order valence-electron chi connectivity index (χ2n) is 7.59. The van der Waals surface area contributed by atoms with Crippen molar-refractivity contribution in [2.75, 3.05) is 13.1 Å². The number of rotatable bonds is 3. The molecule has 2 N–H and O–H groups in total. The summed E-state index contributed by atoms with van der Waals surface area (Å²) in [6, 6.07) is 0.105. The van der Waals surface area contributed by atoms with E-state index in [1.807, 2.05) is 0 Å². The van der Waals surface area contributed by atoms with Crippen LogP contribution in [-0.2, 0) is 11.2 Å². The van der Waals surface area contributed by atoms with Gasteiger partial charge in [-0.15, -0.1) is 11.3 Å². The van der Waals surface area contributed by atoms with Crippen molar-refractivity contribution in [3.63, 3.8) is 0 Å². The number of hydrogen-bond acceptors (Lipinski definition) is 4. The first-order chi connectivity index (χ1) is 11.2. The fourth-order valence-corrected chi connectivity index (χ4v) is 6.00. The Kier molecular flexibility index (Phi) is 4.18. The summed E-state index contributed by atoms with van der Waals surface area (Å²) in [4.78, 5) is 19.9. The largest absolute Gasteiger partial charge is 0.342 e. The van der Waals surface area contributed by atoms with Crippen LogP contribution in [0.2, 0.25) is 0 Å². The van der Waals surface area contributed by atoms with Crippen molar-refractivity contribution >= 4 is 17.2 Å². The van der Waals surface area contributed by atoms with Gasteiger partial charge in [0.2, 0.25) is 5.91 Å². The lowest BCUT2D eigenvalue weighted by molar-refractivity contribution is -0.139. The van der Waals surface area contributed by atoms with Gasteiger partial charge in [0.05, 0.1) is 16.6 Å². The van der Waals surface area contributed by atoms with E-state index in [-0.39, 0.29) is 12.0 Å². The molecule has 126 valence electrons. The standard InChI is InChI=1S/C18H27N3OS/c1-2-14-10-23-17(20-14)13-4-3-7-21(9-13)18(22)15-11-5-6-12(8-11)16(15)19/h10-13,15-16H,2-9,19H2,1H3. The lowest BCUT2D eigenvalue weighted by atomic mass is 9.83. The number of piperidine rings is 1. The molecule has 2 bridgehead atoms. The molecular weight excluding hydrogens is 306 g/mol. The Balaban J connectivity index is 1.45. The Hall–Kier alpha value is -0.940. The molecule has 1 aromatic rings. The first-order valence-electron chi connectivity index (χ1n) is 9.16. The molecule has 0 spiro atoms. The van der Waals surface area contributed by atoms with Crippen molar-refractivity contribution in [3.05, 3.63) is 16.1 Å². The summed E-state index contributed by atoms with van der Waals surface area (Å²) >= 11 is 1.77. The monoisotopic (exact) mass is 333 g/mol. The van der Waals surface area contributed by atoms with Gasteiger partial charge in [-0.3, -0.25) is 4.79 Å². The number of aryl methyl sites for hydroxylation is 1. The highest BCUT2D eigenvalue weighted by Gasteiger charge is 2.50. The van der Waals surface area contributed by atoms with Crippen LogP contribution in [0.4, 0.5) is 0 Å². The molecule has 2 saturated carbocycles. The van der Waals surface area contributed by atoms with E-state index in [1.165, 1.54) is 30.0 Å². The highest BCUT2D eigenvalue weighted by atomic mass is 32.1. The topological polar surface area (TPSA) is 59.2 Å². The van der Waals surface area contributed by atoms with E-state index in [4.69, 9.17) is 10.7 Å². The molecule has 2 heterocycles. The van der Waals surface area contributed by atoms with Crippen molar-refractivity contribution in [3.8, 4) is 0 Å². The first-order valence-corrected chi connectivity index (χ1v) is 10.0. The molecule has 1 amide bonds. The second kappa shape index (κ2) is 6.17. The van der Waals surface area contributed by atoms with E-state index in [0.717, 1.165) is 32.4 Å². The van der Waals surface area contributed by atoms with Gasteiger partial charge in [-0.1, -0.05) is 6.92 Å². The molecule has 1 aliphatic heterocycles. The van der Waals surface area contributed by atoms with E-state index in [1.54, 1.807) is 11.3 Å². The van der Waals surface area contributed by atoms with E-state index in [2.05, 4.69) is 17.2 Å². The summed E-state index contributed by atoms with van der Waals surface area (Å²) in [5.41, 5.74) is 7.56. The van der Waals surface area contributed by atoms with Crippen molar-refractivity contribution in [2.24, 2.45) is 23.5 Å². The summed E-state index contributed by atoms with van der Waals surface area (Å²) in [6.07, 6.45) is 6.86. The normalized spacial score (nSPS) is 36.6. The summed E-state index contributed by atoms with van der Waals surface area (Å²) in [5, 5.41) is 3.39. The summed E-state index contributed by atoms with van der Waals surface area (Å²) in [5.74, 6) is 2.00. The highest BCUT2D eigenvalue weighted by Crippen LogP contribution is 2.48. The summed E-state index contributed by atoms with van der Waals surface area (Å²) in [7, 11) is 0. The van der Waals surface area contributed by atoms with Gasteiger partial charge in [-0.2, -0.15) is 0 Å². The SMILES string of the molecule is CCc1csc(C2CCCN(C(=O)C3C4CCC(C4)C3N)C2)n1. The quantitative estimate of drug-likeness (QED) is 0.925. The van der Waals surface area contributed by atoms with Crippen molar-refractivity contribution in [2.45, 2.75) is 57.4 Å². The summed E-state index contributed by atoms with van der Waals surface area (Å²) < 4.78 is 0. The third-order valence-corrected chi connectivity index (χ3v) is 7.34. The number of thiazole rings is 1. The third-order valence-electron chi connectivity index (χ3n) is 6.28. The van der Waals surface area contributed by atoms with E-state index in [0.29, 0.717) is 23.7 Å². The van der Waals surface area contributed by atoms with Crippen LogP contribution in [0.5, 0.6) is 0 Å². The molecular formula is C18H27N3OS. The lowest BCUT2D eigenvalue weighted by Crippen LogP contribution is -2.49. The fraction of sp³-hybridized carbons (Fsp3) is 0.778. The number of carbonyl (C=O) groups is 1. The fourth-order valence-electron chi connectivity index (χ4n) is 4.96. The molecule has 3 aliphatic rings. The molecule has 1 aromatic heterocycles. The number of likely N-dealkylation sites (tertiary alicyclic amines) is 1. The van der Waals surface area contributed by atoms with Gasteiger partial charge in [0.25, 0.3) is 0 Å². The maximum absolute atomic E-state index is 13.1.